The molecule has 0 bridgehead atoms. The normalized spacial score (nSPS) is 37.5. The lowest BCUT2D eigenvalue weighted by Gasteiger charge is -2.37. The molecule has 0 spiro atoms. The van der Waals surface area contributed by atoms with Gasteiger partial charge in [0.05, 0.1) is 6.10 Å². The van der Waals surface area contributed by atoms with E-state index in [0.717, 1.165) is 19.1 Å². The number of piperazine rings is 1. The van der Waals surface area contributed by atoms with Gasteiger partial charge in [0.25, 0.3) is 0 Å². The van der Waals surface area contributed by atoms with Crippen LogP contribution in [0.2, 0.25) is 0 Å². The molecule has 2 heterocycles. The molecule has 2 aliphatic heterocycles. The first-order valence-corrected chi connectivity index (χ1v) is 6.85. The predicted molar refractivity (Wildman–Crippen MR) is 66.7 cm³/mol. The molecular formula is C13H26N2O. The van der Waals surface area contributed by atoms with E-state index in [1.807, 2.05) is 0 Å². The molecule has 2 fully saturated rings. The molecule has 3 heteroatoms. The Balaban J connectivity index is 1.75. The Labute approximate surface area is 99.5 Å². The van der Waals surface area contributed by atoms with Crippen molar-refractivity contribution in [2.24, 2.45) is 5.92 Å². The van der Waals surface area contributed by atoms with Crippen LogP contribution in [0, 0.1) is 5.92 Å². The zero-order valence-corrected chi connectivity index (χ0v) is 10.7. The third-order valence-corrected chi connectivity index (χ3v) is 3.90. The lowest BCUT2D eigenvalue weighted by atomic mass is 9.93. The van der Waals surface area contributed by atoms with Crippen LogP contribution in [0.3, 0.4) is 0 Å². The summed E-state index contributed by atoms with van der Waals surface area (Å²) >= 11 is 0. The number of rotatable bonds is 3. The summed E-state index contributed by atoms with van der Waals surface area (Å²) in [6.45, 7) is 10.4. The molecule has 3 atom stereocenters. The van der Waals surface area contributed by atoms with E-state index in [1.165, 1.54) is 38.9 Å². The van der Waals surface area contributed by atoms with Crippen LogP contribution < -0.4 is 5.32 Å². The van der Waals surface area contributed by atoms with E-state index in [4.69, 9.17) is 4.74 Å². The summed E-state index contributed by atoms with van der Waals surface area (Å²) in [4.78, 5) is 2.63. The predicted octanol–water partition coefficient (Wildman–Crippen LogP) is 1.49. The number of ether oxygens (including phenoxy) is 1. The number of nitrogens with zero attached hydrogens (tertiary/aromatic N) is 1. The van der Waals surface area contributed by atoms with E-state index >= 15 is 0 Å². The van der Waals surface area contributed by atoms with Crippen molar-refractivity contribution in [2.75, 3.05) is 32.8 Å². The lowest BCUT2D eigenvalue weighted by Crippen LogP contribution is -2.50. The minimum absolute atomic E-state index is 0.527. The average molecular weight is 226 g/mol. The Morgan fingerprint density at radius 3 is 3.06 bits per heavy atom. The van der Waals surface area contributed by atoms with E-state index in [9.17, 15) is 0 Å². The minimum Gasteiger partial charge on any atom is -0.378 e. The van der Waals surface area contributed by atoms with Crippen molar-refractivity contribution in [1.29, 1.82) is 0 Å². The van der Waals surface area contributed by atoms with Crippen LogP contribution in [0.25, 0.3) is 0 Å². The zero-order chi connectivity index (χ0) is 11.4. The fourth-order valence-electron chi connectivity index (χ4n) is 2.95. The van der Waals surface area contributed by atoms with Crippen molar-refractivity contribution in [2.45, 2.75) is 45.3 Å². The highest BCUT2D eigenvalue weighted by Gasteiger charge is 2.24. The molecule has 2 saturated heterocycles. The molecule has 16 heavy (non-hydrogen) atoms. The second-order valence-corrected chi connectivity index (χ2v) is 5.41. The van der Waals surface area contributed by atoms with Crippen LogP contribution in [-0.2, 0) is 4.74 Å². The van der Waals surface area contributed by atoms with Gasteiger partial charge >= 0.3 is 0 Å². The first-order valence-electron chi connectivity index (χ1n) is 6.85. The quantitative estimate of drug-likeness (QED) is 0.789. The van der Waals surface area contributed by atoms with Crippen LogP contribution in [0.5, 0.6) is 0 Å². The third-order valence-electron chi connectivity index (χ3n) is 3.90. The van der Waals surface area contributed by atoms with E-state index in [0.29, 0.717) is 12.1 Å². The Hall–Kier alpha value is -0.120. The summed E-state index contributed by atoms with van der Waals surface area (Å²) in [5.74, 6) is 0.865. The van der Waals surface area contributed by atoms with Crippen molar-refractivity contribution in [3.05, 3.63) is 0 Å². The van der Waals surface area contributed by atoms with Gasteiger partial charge in [-0.05, 0) is 32.1 Å². The summed E-state index contributed by atoms with van der Waals surface area (Å²) in [5.41, 5.74) is 0. The minimum atomic E-state index is 0.527. The molecule has 0 aromatic heterocycles. The Morgan fingerprint density at radius 2 is 2.31 bits per heavy atom. The third kappa shape index (κ3) is 3.44. The lowest BCUT2D eigenvalue weighted by molar-refractivity contribution is -0.0191. The van der Waals surface area contributed by atoms with Crippen LogP contribution in [0.4, 0.5) is 0 Å². The molecule has 0 aromatic carbocycles. The fraction of sp³-hybridized carbons (Fsp3) is 1.00. The Bertz CT molecular complexity index is 210. The molecule has 1 N–H and O–H groups in total. The van der Waals surface area contributed by atoms with Crippen molar-refractivity contribution in [3.8, 4) is 0 Å². The zero-order valence-electron chi connectivity index (χ0n) is 10.7. The molecule has 2 rings (SSSR count). The Kier molecular flexibility index (Phi) is 4.62. The fourth-order valence-corrected chi connectivity index (χ4v) is 2.95. The molecule has 3 unspecified atom stereocenters. The van der Waals surface area contributed by atoms with Crippen LogP contribution in [0.15, 0.2) is 0 Å². The van der Waals surface area contributed by atoms with E-state index < -0.39 is 0 Å². The molecule has 0 aromatic rings. The summed E-state index contributed by atoms with van der Waals surface area (Å²) in [6.07, 6.45) is 4.23. The largest absolute Gasteiger partial charge is 0.378 e. The highest BCUT2D eigenvalue weighted by Crippen LogP contribution is 2.23. The second-order valence-electron chi connectivity index (χ2n) is 5.41. The van der Waals surface area contributed by atoms with Crippen molar-refractivity contribution in [1.82, 2.24) is 10.2 Å². The maximum absolute atomic E-state index is 5.74. The monoisotopic (exact) mass is 226 g/mol. The van der Waals surface area contributed by atoms with Gasteiger partial charge in [0, 0.05) is 38.8 Å². The summed E-state index contributed by atoms with van der Waals surface area (Å²) in [5, 5.41) is 3.50. The molecule has 2 aliphatic rings. The highest BCUT2D eigenvalue weighted by atomic mass is 16.5. The van der Waals surface area contributed by atoms with Gasteiger partial charge in [-0.15, -0.1) is 0 Å². The summed E-state index contributed by atoms with van der Waals surface area (Å²) in [6, 6.07) is 0.663. The molecule has 0 radical (unpaired) electrons. The van der Waals surface area contributed by atoms with Gasteiger partial charge in [-0.2, -0.15) is 0 Å². The van der Waals surface area contributed by atoms with Crippen LogP contribution >= 0.6 is 0 Å². The van der Waals surface area contributed by atoms with Gasteiger partial charge in [0.15, 0.2) is 0 Å². The average Bonchev–Trinajstić information content (AvgIpc) is 2.29. The van der Waals surface area contributed by atoms with E-state index in [2.05, 4.69) is 24.1 Å². The topological polar surface area (TPSA) is 24.5 Å². The molecule has 0 saturated carbocycles. The maximum atomic E-state index is 5.74. The number of nitrogens with one attached hydrogen (secondary N) is 1. The van der Waals surface area contributed by atoms with Crippen molar-refractivity contribution >= 4 is 0 Å². The standard InChI is InChI=1S/C13H26N2O/c1-3-13-8-12(4-7-16-13)10-15-6-5-14-11(2)9-15/h11-14H,3-10H2,1-2H3. The number of hydrogen-bond donors (Lipinski definition) is 1. The molecule has 0 amide bonds. The van der Waals surface area contributed by atoms with Gasteiger partial charge in [-0.25, -0.2) is 0 Å². The van der Waals surface area contributed by atoms with Crippen molar-refractivity contribution in [3.63, 3.8) is 0 Å². The van der Waals surface area contributed by atoms with Gasteiger partial charge in [-0.3, -0.25) is 0 Å². The van der Waals surface area contributed by atoms with Crippen LogP contribution in [-0.4, -0.2) is 49.8 Å². The highest BCUT2D eigenvalue weighted by molar-refractivity contribution is 4.79. The number of hydrogen-bond acceptors (Lipinski definition) is 3. The Morgan fingerprint density at radius 1 is 1.44 bits per heavy atom. The molecule has 3 nitrogen and oxygen atoms in total. The van der Waals surface area contributed by atoms with Gasteiger partial charge in [0.2, 0.25) is 0 Å². The smallest absolute Gasteiger partial charge is 0.0575 e. The molecule has 94 valence electrons. The van der Waals surface area contributed by atoms with Gasteiger partial charge in [0.1, 0.15) is 0 Å². The first-order chi connectivity index (χ1) is 7.78. The summed E-state index contributed by atoms with van der Waals surface area (Å²) < 4.78 is 5.74. The SMILES string of the molecule is CCC1CC(CN2CCNC(C)C2)CCO1. The van der Waals surface area contributed by atoms with Crippen molar-refractivity contribution < 1.29 is 4.74 Å². The van der Waals surface area contributed by atoms with E-state index in [1.54, 1.807) is 0 Å². The molecule has 0 aliphatic carbocycles. The van der Waals surface area contributed by atoms with Gasteiger partial charge in [-0.1, -0.05) is 6.92 Å². The maximum Gasteiger partial charge on any atom is 0.0575 e. The van der Waals surface area contributed by atoms with Gasteiger partial charge < -0.3 is 15.0 Å². The summed E-state index contributed by atoms with van der Waals surface area (Å²) in [7, 11) is 0. The van der Waals surface area contributed by atoms with Crippen LogP contribution in [0.1, 0.15) is 33.1 Å². The first kappa shape index (κ1) is 12.3. The second kappa shape index (κ2) is 5.99. The van der Waals surface area contributed by atoms with E-state index in [-0.39, 0.29) is 0 Å². The molecular weight excluding hydrogens is 200 g/mol.